The summed E-state index contributed by atoms with van der Waals surface area (Å²) < 4.78 is 14.2. The molecule has 4 aliphatic rings. The number of hydrogen-bond acceptors (Lipinski definition) is 3. The van der Waals surface area contributed by atoms with Crippen LogP contribution in [0.1, 0.15) is 58.8 Å². The second kappa shape index (κ2) is 5.22. The van der Waals surface area contributed by atoms with Gasteiger partial charge < -0.3 is 5.41 Å². The van der Waals surface area contributed by atoms with Crippen LogP contribution in [0.15, 0.2) is 4.99 Å². The van der Waals surface area contributed by atoms with Crippen molar-refractivity contribution in [3.8, 4) is 0 Å². The van der Waals surface area contributed by atoms with Gasteiger partial charge in [0.2, 0.25) is 0 Å². The fourth-order valence-electron chi connectivity index (χ4n) is 6.86. The summed E-state index contributed by atoms with van der Waals surface area (Å²) in [6, 6.07) is 0. The molecule has 0 heterocycles. The molecule has 24 heavy (non-hydrogen) atoms. The minimum absolute atomic E-state index is 0.132. The first-order chi connectivity index (χ1) is 11.3. The van der Waals surface area contributed by atoms with E-state index in [0.29, 0.717) is 24.2 Å². The largest absolute Gasteiger partial charge is 0.309 e. The van der Waals surface area contributed by atoms with Gasteiger partial charge in [0.15, 0.2) is 12.0 Å². The highest BCUT2D eigenvalue weighted by atomic mass is 19.1. The van der Waals surface area contributed by atoms with Crippen LogP contribution in [-0.2, 0) is 4.79 Å². The van der Waals surface area contributed by atoms with Crippen molar-refractivity contribution < 1.29 is 9.18 Å². The number of aliphatic imine (C=N–C) groups is 1. The fraction of sp³-hybridized carbons (Fsp3) is 0.850. The van der Waals surface area contributed by atoms with E-state index in [-0.39, 0.29) is 17.1 Å². The Morgan fingerprint density at radius 1 is 1.21 bits per heavy atom. The quantitative estimate of drug-likeness (QED) is 0.708. The van der Waals surface area contributed by atoms with E-state index < -0.39 is 11.6 Å². The van der Waals surface area contributed by atoms with E-state index in [9.17, 15) is 9.18 Å². The monoisotopic (exact) mass is 332 g/mol. The van der Waals surface area contributed by atoms with Crippen LogP contribution in [0.4, 0.5) is 4.39 Å². The summed E-state index contributed by atoms with van der Waals surface area (Å²) in [6.07, 6.45) is 4.80. The molecule has 0 amide bonds. The van der Waals surface area contributed by atoms with Crippen molar-refractivity contribution in [2.24, 2.45) is 39.5 Å². The molecule has 3 nitrogen and oxygen atoms in total. The molecule has 4 rings (SSSR count). The lowest BCUT2D eigenvalue weighted by molar-refractivity contribution is -0.135. The fourth-order valence-corrected chi connectivity index (χ4v) is 6.86. The van der Waals surface area contributed by atoms with Gasteiger partial charge in [-0.05, 0) is 68.1 Å². The maximum Gasteiger partial charge on any atom is 0.173 e. The smallest absolute Gasteiger partial charge is 0.173 e. The second-order valence-corrected chi connectivity index (χ2v) is 9.18. The van der Waals surface area contributed by atoms with E-state index in [1.807, 2.05) is 14.0 Å². The minimum Gasteiger partial charge on any atom is -0.309 e. The number of fused-ring (bicyclic) bond motifs is 5. The third-order valence-electron chi connectivity index (χ3n) is 8.36. The minimum atomic E-state index is -1.27. The van der Waals surface area contributed by atoms with E-state index in [0.717, 1.165) is 44.2 Å². The Balaban J connectivity index is 1.69. The zero-order valence-electron chi connectivity index (χ0n) is 15.1. The number of ketones is 1. The van der Waals surface area contributed by atoms with Crippen LogP contribution in [0.2, 0.25) is 0 Å². The average Bonchev–Trinajstić information content (AvgIpc) is 2.79. The molecule has 7 unspecified atom stereocenters. The normalized spacial score (nSPS) is 52.8. The summed E-state index contributed by atoms with van der Waals surface area (Å²) in [6.45, 7) is 4.36. The van der Waals surface area contributed by atoms with Gasteiger partial charge in [0.25, 0.3) is 0 Å². The molecule has 0 spiro atoms. The van der Waals surface area contributed by atoms with Crippen molar-refractivity contribution >= 4 is 17.2 Å². The molecule has 4 fully saturated rings. The van der Waals surface area contributed by atoms with Crippen LogP contribution < -0.4 is 0 Å². The molecule has 132 valence electrons. The van der Waals surface area contributed by atoms with E-state index >= 15 is 0 Å². The molecule has 0 aromatic rings. The number of Topliss-reactive ketones (excluding diaryl/α,β-unsaturated/α-hetero) is 1. The molecule has 7 atom stereocenters. The van der Waals surface area contributed by atoms with E-state index in [1.54, 1.807) is 0 Å². The van der Waals surface area contributed by atoms with Crippen LogP contribution >= 0.6 is 0 Å². The SMILES string of the molecule is CN=C1CCC2(C)C(C1)C(=N)CC1C3CC(F)C(=O)C3(C)CCC12. The van der Waals surface area contributed by atoms with Gasteiger partial charge in [-0.15, -0.1) is 0 Å². The van der Waals surface area contributed by atoms with Crippen molar-refractivity contribution in [2.45, 2.75) is 65.0 Å². The molecule has 4 aliphatic carbocycles. The van der Waals surface area contributed by atoms with Gasteiger partial charge in [-0.2, -0.15) is 0 Å². The van der Waals surface area contributed by atoms with Gasteiger partial charge >= 0.3 is 0 Å². The van der Waals surface area contributed by atoms with Gasteiger partial charge in [-0.1, -0.05) is 13.8 Å². The number of carbonyl (C=O) groups is 1. The Hall–Kier alpha value is -1.06. The molecule has 0 aromatic carbocycles. The Morgan fingerprint density at radius 2 is 1.96 bits per heavy atom. The van der Waals surface area contributed by atoms with Crippen LogP contribution in [0.25, 0.3) is 0 Å². The molecule has 0 saturated heterocycles. The Kier molecular flexibility index (Phi) is 3.57. The summed E-state index contributed by atoms with van der Waals surface area (Å²) in [7, 11) is 1.87. The number of halogens is 1. The predicted octanol–water partition coefficient (Wildman–Crippen LogP) is 4.25. The number of rotatable bonds is 0. The van der Waals surface area contributed by atoms with Crippen LogP contribution in [-0.4, -0.2) is 30.4 Å². The molecule has 4 heteroatoms. The highest BCUT2D eigenvalue weighted by molar-refractivity contribution is 5.95. The van der Waals surface area contributed by atoms with Gasteiger partial charge in [0, 0.05) is 29.8 Å². The third kappa shape index (κ3) is 1.97. The van der Waals surface area contributed by atoms with Gasteiger partial charge in [0.1, 0.15) is 0 Å². The highest BCUT2D eigenvalue weighted by Crippen LogP contribution is 2.64. The lowest BCUT2D eigenvalue weighted by atomic mass is 9.45. The van der Waals surface area contributed by atoms with E-state index in [1.165, 1.54) is 5.71 Å². The van der Waals surface area contributed by atoms with Crippen LogP contribution in [0, 0.1) is 39.9 Å². The lowest BCUT2D eigenvalue weighted by Crippen LogP contribution is -2.56. The maximum absolute atomic E-state index is 14.2. The first-order valence-corrected chi connectivity index (χ1v) is 9.51. The van der Waals surface area contributed by atoms with E-state index in [2.05, 4.69) is 11.9 Å². The van der Waals surface area contributed by atoms with Crippen molar-refractivity contribution in [1.82, 2.24) is 0 Å². The zero-order valence-corrected chi connectivity index (χ0v) is 15.1. The molecule has 0 aromatic heterocycles. The molecule has 4 saturated carbocycles. The van der Waals surface area contributed by atoms with E-state index in [4.69, 9.17) is 5.41 Å². The lowest BCUT2D eigenvalue weighted by Gasteiger charge is -2.59. The first kappa shape index (κ1) is 16.4. The summed E-state index contributed by atoms with van der Waals surface area (Å²) in [4.78, 5) is 16.8. The standard InChI is InChI=1S/C20H29FN2O/c1-19-6-4-11(23-3)8-15(19)17(22)9-12-13(19)5-7-20(2)14(12)10-16(21)18(20)24/h12-16,22H,4-10H2,1-3H3. The summed E-state index contributed by atoms with van der Waals surface area (Å²) in [5, 5.41) is 8.71. The molecule has 0 bridgehead atoms. The molecular weight excluding hydrogens is 303 g/mol. The van der Waals surface area contributed by atoms with Crippen LogP contribution in [0.5, 0.6) is 0 Å². The number of alkyl halides is 1. The van der Waals surface area contributed by atoms with Crippen molar-refractivity contribution in [3.05, 3.63) is 0 Å². The van der Waals surface area contributed by atoms with Crippen molar-refractivity contribution in [3.63, 3.8) is 0 Å². The number of nitrogens with zero attached hydrogens (tertiary/aromatic N) is 1. The second-order valence-electron chi connectivity index (χ2n) is 9.18. The molecular formula is C20H29FN2O. The summed E-state index contributed by atoms with van der Waals surface area (Å²) >= 11 is 0. The summed E-state index contributed by atoms with van der Waals surface area (Å²) in [5.41, 5.74) is 1.74. The van der Waals surface area contributed by atoms with Gasteiger partial charge in [-0.25, -0.2) is 4.39 Å². The molecule has 0 aliphatic heterocycles. The predicted molar refractivity (Wildman–Crippen MR) is 93.5 cm³/mol. The van der Waals surface area contributed by atoms with Gasteiger partial charge in [0.05, 0.1) is 0 Å². The third-order valence-corrected chi connectivity index (χ3v) is 8.36. The number of nitrogens with one attached hydrogen (secondary N) is 1. The number of carbonyl (C=O) groups excluding carboxylic acids is 1. The maximum atomic E-state index is 14.2. The summed E-state index contributed by atoms with van der Waals surface area (Å²) in [5.74, 6) is 1.13. The Bertz CT molecular complexity index is 629. The topological polar surface area (TPSA) is 53.3 Å². The average molecular weight is 332 g/mol. The van der Waals surface area contributed by atoms with Crippen molar-refractivity contribution in [2.75, 3.05) is 7.05 Å². The van der Waals surface area contributed by atoms with Crippen molar-refractivity contribution in [1.29, 1.82) is 5.41 Å². The van der Waals surface area contributed by atoms with Crippen LogP contribution in [0.3, 0.4) is 0 Å². The highest BCUT2D eigenvalue weighted by Gasteiger charge is 2.63. The Morgan fingerprint density at radius 3 is 2.67 bits per heavy atom. The Labute approximate surface area is 144 Å². The molecule has 0 radical (unpaired) electrons. The van der Waals surface area contributed by atoms with Gasteiger partial charge in [-0.3, -0.25) is 9.79 Å². The zero-order chi connectivity index (χ0) is 17.3. The molecule has 1 N–H and O–H groups in total. The first-order valence-electron chi connectivity index (χ1n) is 9.51. The number of hydrogen-bond donors (Lipinski definition) is 1.